The smallest absolute Gasteiger partial charge is 0.345 e. The van der Waals surface area contributed by atoms with Crippen molar-refractivity contribution in [3.63, 3.8) is 0 Å². The Morgan fingerprint density at radius 1 is 0.960 bits per heavy atom. The van der Waals surface area contributed by atoms with Gasteiger partial charge in [-0.15, -0.1) is 0 Å². The highest BCUT2D eigenvalue weighted by Gasteiger charge is 2.07. The molecule has 0 bridgehead atoms. The van der Waals surface area contributed by atoms with Gasteiger partial charge in [0.15, 0.2) is 0 Å². The molecular weight excluding hydrogens is 312 g/mol. The topological polar surface area (TPSA) is 66.0 Å². The van der Waals surface area contributed by atoms with Gasteiger partial charge in [-0.2, -0.15) is 4.98 Å². The van der Waals surface area contributed by atoms with E-state index < -0.39 is 0 Å². The van der Waals surface area contributed by atoms with Gasteiger partial charge in [-0.3, -0.25) is 0 Å². The van der Waals surface area contributed by atoms with Crippen molar-refractivity contribution in [1.82, 2.24) is 9.97 Å². The van der Waals surface area contributed by atoms with E-state index in [9.17, 15) is 9.90 Å². The van der Waals surface area contributed by atoms with Gasteiger partial charge in [0.05, 0.1) is 11.4 Å². The van der Waals surface area contributed by atoms with Crippen molar-refractivity contribution in [1.29, 1.82) is 0 Å². The number of aromatic nitrogens is 2. The van der Waals surface area contributed by atoms with E-state index in [-0.39, 0.29) is 11.4 Å². The summed E-state index contributed by atoms with van der Waals surface area (Å²) < 4.78 is 0. The average molecular weight is 334 g/mol. The van der Waals surface area contributed by atoms with Crippen LogP contribution in [0.5, 0.6) is 5.75 Å². The molecule has 4 rings (SSSR count). The third-order valence-corrected chi connectivity index (χ3v) is 3.92. The quantitative estimate of drug-likeness (QED) is 0.720. The summed E-state index contributed by atoms with van der Waals surface area (Å²) in [6.45, 7) is 3.82. The number of H-pyrrole nitrogens is 1. The minimum atomic E-state index is -0.389. The van der Waals surface area contributed by atoms with E-state index in [0.717, 1.165) is 22.3 Å². The van der Waals surface area contributed by atoms with Gasteiger partial charge < -0.3 is 10.1 Å². The van der Waals surface area contributed by atoms with Crippen LogP contribution in [0.3, 0.4) is 0 Å². The molecule has 2 N–H and O–H groups in total. The lowest BCUT2D eigenvalue weighted by molar-refractivity contribution is 0.471. The molecule has 0 aliphatic heterocycles. The summed E-state index contributed by atoms with van der Waals surface area (Å²) in [6.07, 6.45) is 4.50. The maximum Gasteiger partial charge on any atom is 0.345 e. The van der Waals surface area contributed by atoms with Gasteiger partial charge in [0.2, 0.25) is 0 Å². The zero-order valence-corrected chi connectivity index (χ0v) is 14.5. The number of rotatable bonds is 2. The molecule has 0 radical (unpaired) electrons. The molecule has 0 spiro atoms. The van der Waals surface area contributed by atoms with E-state index in [1.807, 2.05) is 50.2 Å². The van der Waals surface area contributed by atoms with Crippen LogP contribution in [0.4, 0.5) is 0 Å². The Morgan fingerprint density at radius 3 is 2.36 bits per heavy atom. The maximum absolute atomic E-state index is 11.9. The van der Waals surface area contributed by atoms with Gasteiger partial charge in [-0.1, -0.05) is 43.0 Å². The normalized spacial score (nSPS) is 12.2. The van der Waals surface area contributed by atoms with Crippen molar-refractivity contribution in [3.8, 4) is 28.3 Å². The number of aryl methyl sites for hydroxylation is 2. The fraction of sp³-hybridized carbons (Fsp3) is 0.238. The van der Waals surface area contributed by atoms with Gasteiger partial charge in [-0.25, -0.2) is 4.79 Å². The number of nitrogens with one attached hydrogen (secondary N) is 1. The number of aromatic hydroxyl groups is 1. The number of phenolic OH excluding ortho intramolecular Hbond substituents is 1. The SMILES string of the molecule is C1CC1.Cc1cccc(-c2cc(-c3ccc(O)c(C)c3)[nH]c(=O)n2)c1. The van der Waals surface area contributed by atoms with Crippen molar-refractivity contribution in [3.05, 3.63) is 70.1 Å². The molecule has 4 nitrogen and oxygen atoms in total. The summed E-state index contributed by atoms with van der Waals surface area (Å²) in [5.41, 5.74) is 4.54. The molecule has 1 aromatic heterocycles. The molecule has 3 aromatic rings. The highest BCUT2D eigenvalue weighted by molar-refractivity contribution is 5.68. The highest BCUT2D eigenvalue weighted by atomic mass is 16.3. The molecule has 25 heavy (non-hydrogen) atoms. The van der Waals surface area contributed by atoms with Crippen LogP contribution >= 0.6 is 0 Å². The van der Waals surface area contributed by atoms with Crippen LogP contribution in [0.25, 0.3) is 22.5 Å². The molecule has 0 unspecified atom stereocenters. The van der Waals surface area contributed by atoms with Crippen LogP contribution in [0.15, 0.2) is 53.3 Å². The van der Waals surface area contributed by atoms with E-state index >= 15 is 0 Å². The van der Waals surface area contributed by atoms with Crippen molar-refractivity contribution in [2.45, 2.75) is 33.1 Å². The van der Waals surface area contributed by atoms with Gasteiger partial charge in [0.25, 0.3) is 0 Å². The lowest BCUT2D eigenvalue weighted by Gasteiger charge is -2.07. The molecule has 128 valence electrons. The zero-order chi connectivity index (χ0) is 17.8. The first-order valence-corrected chi connectivity index (χ1v) is 8.51. The molecule has 1 aliphatic rings. The molecule has 0 amide bonds. The second kappa shape index (κ2) is 7.34. The number of nitrogens with zero attached hydrogens (tertiary/aromatic N) is 1. The largest absolute Gasteiger partial charge is 0.508 e. The predicted octanol–water partition coefficient (Wildman–Crippen LogP) is 4.60. The molecule has 2 aromatic carbocycles. The highest BCUT2D eigenvalue weighted by Crippen LogP contribution is 2.26. The van der Waals surface area contributed by atoms with Crippen LogP contribution in [-0.4, -0.2) is 15.1 Å². The Hall–Kier alpha value is -2.88. The number of hydrogen-bond acceptors (Lipinski definition) is 3. The Morgan fingerprint density at radius 2 is 1.72 bits per heavy atom. The second-order valence-electron chi connectivity index (χ2n) is 6.42. The lowest BCUT2D eigenvalue weighted by Crippen LogP contribution is -2.12. The molecule has 1 saturated carbocycles. The third kappa shape index (κ3) is 4.57. The molecule has 1 aliphatic carbocycles. The minimum absolute atomic E-state index is 0.235. The van der Waals surface area contributed by atoms with E-state index in [0.29, 0.717) is 11.4 Å². The first kappa shape index (κ1) is 17.0. The summed E-state index contributed by atoms with van der Waals surface area (Å²) in [4.78, 5) is 18.7. The standard InChI is InChI=1S/C18H16N2O2.C3H6/c1-11-4-3-5-13(8-11)15-10-16(20-18(22)19-15)14-6-7-17(21)12(2)9-14;1-2-3-1/h3-10,21H,1-2H3,(H,19,20,22);1-3H2. The fourth-order valence-corrected chi connectivity index (χ4v) is 2.39. The van der Waals surface area contributed by atoms with Crippen LogP contribution in [0.1, 0.15) is 30.4 Å². The van der Waals surface area contributed by atoms with Crippen molar-refractivity contribution in [2.75, 3.05) is 0 Å². The second-order valence-corrected chi connectivity index (χ2v) is 6.42. The molecule has 0 atom stereocenters. The third-order valence-electron chi connectivity index (χ3n) is 3.92. The molecule has 1 fully saturated rings. The van der Waals surface area contributed by atoms with E-state index in [1.54, 1.807) is 12.1 Å². The number of phenols is 1. The zero-order valence-electron chi connectivity index (χ0n) is 14.5. The van der Waals surface area contributed by atoms with Crippen LogP contribution in [-0.2, 0) is 0 Å². The van der Waals surface area contributed by atoms with E-state index in [1.165, 1.54) is 19.3 Å². The Bertz CT molecular complexity index is 940. The van der Waals surface area contributed by atoms with Crippen molar-refractivity contribution < 1.29 is 5.11 Å². The minimum Gasteiger partial charge on any atom is -0.508 e. The van der Waals surface area contributed by atoms with E-state index in [2.05, 4.69) is 9.97 Å². The monoisotopic (exact) mass is 334 g/mol. The van der Waals surface area contributed by atoms with Crippen molar-refractivity contribution >= 4 is 0 Å². The Labute approximate surface area is 147 Å². The summed E-state index contributed by atoms with van der Waals surface area (Å²) in [5.74, 6) is 0.235. The lowest BCUT2D eigenvalue weighted by atomic mass is 10.0. The van der Waals surface area contributed by atoms with Crippen LogP contribution in [0.2, 0.25) is 0 Å². The number of hydrogen-bond donors (Lipinski definition) is 2. The Balaban J connectivity index is 0.000000549. The van der Waals surface area contributed by atoms with E-state index in [4.69, 9.17) is 0 Å². The first-order valence-electron chi connectivity index (χ1n) is 8.51. The average Bonchev–Trinajstić information content (AvgIpc) is 3.46. The Kier molecular flexibility index (Phi) is 4.98. The number of benzene rings is 2. The van der Waals surface area contributed by atoms with Gasteiger partial charge in [-0.05, 0) is 55.3 Å². The fourth-order valence-electron chi connectivity index (χ4n) is 2.39. The summed E-state index contributed by atoms with van der Waals surface area (Å²) in [5, 5.41) is 9.62. The molecule has 1 heterocycles. The van der Waals surface area contributed by atoms with Crippen LogP contribution in [0, 0.1) is 13.8 Å². The molecular formula is C21H22N2O2. The predicted molar refractivity (Wildman–Crippen MR) is 101 cm³/mol. The molecule has 4 heteroatoms. The number of aromatic amines is 1. The van der Waals surface area contributed by atoms with Crippen LogP contribution < -0.4 is 5.69 Å². The van der Waals surface area contributed by atoms with Crippen molar-refractivity contribution in [2.24, 2.45) is 0 Å². The first-order chi connectivity index (χ1) is 12.0. The summed E-state index contributed by atoms with van der Waals surface area (Å²) in [6, 6.07) is 14.9. The summed E-state index contributed by atoms with van der Waals surface area (Å²) in [7, 11) is 0. The van der Waals surface area contributed by atoms with Gasteiger partial charge >= 0.3 is 5.69 Å². The maximum atomic E-state index is 11.9. The van der Waals surface area contributed by atoms with Gasteiger partial charge in [0, 0.05) is 5.56 Å². The van der Waals surface area contributed by atoms with Gasteiger partial charge in [0.1, 0.15) is 5.75 Å². The summed E-state index contributed by atoms with van der Waals surface area (Å²) >= 11 is 0. The molecule has 0 saturated heterocycles.